The number of hydrogen-bond donors (Lipinski definition) is 1. The van der Waals surface area contributed by atoms with E-state index in [4.69, 9.17) is 0 Å². The van der Waals surface area contributed by atoms with Crippen LogP contribution in [0.25, 0.3) is 0 Å². The first kappa shape index (κ1) is 11.2. The zero-order valence-corrected chi connectivity index (χ0v) is 10.7. The van der Waals surface area contributed by atoms with Crippen molar-refractivity contribution in [3.05, 3.63) is 34.9 Å². The summed E-state index contributed by atoms with van der Waals surface area (Å²) in [5, 5.41) is 3.45. The third-order valence-corrected chi connectivity index (χ3v) is 4.19. The summed E-state index contributed by atoms with van der Waals surface area (Å²) >= 11 is 0. The fourth-order valence-corrected chi connectivity index (χ4v) is 3.09. The molecule has 1 N–H and O–H groups in total. The molecule has 0 amide bonds. The van der Waals surface area contributed by atoms with Gasteiger partial charge in [0.25, 0.3) is 0 Å². The van der Waals surface area contributed by atoms with Gasteiger partial charge in [-0.05, 0) is 55.1 Å². The van der Waals surface area contributed by atoms with Gasteiger partial charge in [-0.3, -0.25) is 4.90 Å². The Kier molecular flexibility index (Phi) is 3.17. The highest BCUT2D eigenvalue weighted by molar-refractivity contribution is 5.35. The van der Waals surface area contributed by atoms with Gasteiger partial charge >= 0.3 is 0 Å². The molecule has 1 atom stereocenters. The summed E-state index contributed by atoms with van der Waals surface area (Å²) in [5.74, 6) is 0.858. The van der Waals surface area contributed by atoms with Gasteiger partial charge in [0.2, 0.25) is 0 Å². The smallest absolute Gasteiger partial charge is 0.0240 e. The maximum atomic E-state index is 3.45. The standard InChI is InChI=1S/C15H22N2/c1-2-17-10-14-4-3-12(8-15(14)11-17)7-13-5-6-16-9-13/h3-4,8,13,16H,2,5-7,9-11H2,1H3. The molecule has 1 aromatic rings. The topological polar surface area (TPSA) is 15.3 Å². The van der Waals surface area contributed by atoms with Crippen LogP contribution in [0.3, 0.4) is 0 Å². The molecule has 1 aromatic carbocycles. The minimum atomic E-state index is 0.858. The number of hydrogen-bond acceptors (Lipinski definition) is 2. The van der Waals surface area contributed by atoms with Gasteiger partial charge in [0.1, 0.15) is 0 Å². The third kappa shape index (κ3) is 2.38. The van der Waals surface area contributed by atoms with Gasteiger partial charge in [-0.15, -0.1) is 0 Å². The van der Waals surface area contributed by atoms with Crippen LogP contribution in [0, 0.1) is 5.92 Å². The molecule has 1 unspecified atom stereocenters. The summed E-state index contributed by atoms with van der Waals surface area (Å²) in [4.78, 5) is 2.51. The largest absolute Gasteiger partial charge is 0.316 e. The molecule has 0 saturated carbocycles. The van der Waals surface area contributed by atoms with E-state index < -0.39 is 0 Å². The summed E-state index contributed by atoms with van der Waals surface area (Å²) in [6.07, 6.45) is 2.60. The lowest BCUT2D eigenvalue weighted by molar-refractivity contribution is 0.301. The first-order chi connectivity index (χ1) is 8.35. The molecule has 3 rings (SSSR count). The number of rotatable bonds is 3. The highest BCUT2D eigenvalue weighted by Gasteiger charge is 2.19. The molecule has 17 heavy (non-hydrogen) atoms. The Morgan fingerprint density at radius 3 is 2.94 bits per heavy atom. The lowest BCUT2D eigenvalue weighted by Gasteiger charge is -2.10. The van der Waals surface area contributed by atoms with E-state index >= 15 is 0 Å². The molecule has 0 aromatic heterocycles. The van der Waals surface area contributed by atoms with Crippen molar-refractivity contribution in [1.82, 2.24) is 10.2 Å². The molecular formula is C15H22N2. The van der Waals surface area contributed by atoms with Crippen LogP contribution in [0.15, 0.2) is 18.2 Å². The predicted octanol–water partition coefficient (Wildman–Crippen LogP) is 2.17. The number of nitrogens with zero attached hydrogens (tertiary/aromatic N) is 1. The van der Waals surface area contributed by atoms with Gasteiger partial charge in [0.15, 0.2) is 0 Å². The average molecular weight is 230 g/mol. The van der Waals surface area contributed by atoms with Gasteiger partial charge in [0, 0.05) is 13.1 Å². The monoisotopic (exact) mass is 230 g/mol. The first-order valence-electron chi connectivity index (χ1n) is 6.89. The van der Waals surface area contributed by atoms with Crippen molar-refractivity contribution in [2.45, 2.75) is 32.9 Å². The van der Waals surface area contributed by atoms with E-state index in [1.165, 1.54) is 31.5 Å². The lowest BCUT2D eigenvalue weighted by Crippen LogP contribution is -2.14. The third-order valence-electron chi connectivity index (χ3n) is 4.19. The minimum absolute atomic E-state index is 0.858. The molecule has 2 heterocycles. The molecular weight excluding hydrogens is 208 g/mol. The molecule has 1 fully saturated rings. The summed E-state index contributed by atoms with van der Waals surface area (Å²) in [5.41, 5.74) is 4.64. The Morgan fingerprint density at radius 2 is 2.18 bits per heavy atom. The number of nitrogens with one attached hydrogen (secondary N) is 1. The van der Waals surface area contributed by atoms with E-state index in [1.807, 2.05) is 0 Å². The fraction of sp³-hybridized carbons (Fsp3) is 0.600. The van der Waals surface area contributed by atoms with Crippen LogP contribution in [-0.2, 0) is 19.5 Å². The summed E-state index contributed by atoms with van der Waals surface area (Å²) in [7, 11) is 0. The van der Waals surface area contributed by atoms with E-state index in [1.54, 1.807) is 11.1 Å². The van der Waals surface area contributed by atoms with Gasteiger partial charge < -0.3 is 5.32 Å². The van der Waals surface area contributed by atoms with Crippen LogP contribution in [0.2, 0.25) is 0 Å². The fourth-order valence-electron chi connectivity index (χ4n) is 3.09. The van der Waals surface area contributed by atoms with Gasteiger partial charge in [-0.25, -0.2) is 0 Å². The van der Waals surface area contributed by atoms with Crippen molar-refractivity contribution >= 4 is 0 Å². The molecule has 2 nitrogen and oxygen atoms in total. The quantitative estimate of drug-likeness (QED) is 0.856. The molecule has 0 spiro atoms. The van der Waals surface area contributed by atoms with Crippen LogP contribution >= 0.6 is 0 Å². The second-order valence-electron chi connectivity index (χ2n) is 5.47. The molecule has 0 aliphatic carbocycles. The van der Waals surface area contributed by atoms with Crippen LogP contribution < -0.4 is 5.32 Å². The second-order valence-corrected chi connectivity index (χ2v) is 5.47. The van der Waals surface area contributed by atoms with Crippen LogP contribution in [0.5, 0.6) is 0 Å². The molecule has 2 aliphatic heterocycles. The van der Waals surface area contributed by atoms with Gasteiger partial charge in [-0.1, -0.05) is 25.1 Å². The average Bonchev–Trinajstić information content (AvgIpc) is 2.96. The Hall–Kier alpha value is -0.860. The van der Waals surface area contributed by atoms with E-state index in [0.717, 1.165) is 25.6 Å². The SMILES string of the molecule is CCN1Cc2ccc(CC3CCNC3)cc2C1. The Morgan fingerprint density at radius 1 is 1.29 bits per heavy atom. The maximum absolute atomic E-state index is 3.45. The highest BCUT2D eigenvalue weighted by Crippen LogP contribution is 2.25. The van der Waals surface area contributed by atoms with Crippen LogP contribution in [0.1, 0.15) is 30.0 Å². The van der Waals surface area contributed by atoms with E-state index in [9.17, 15) is 0 Å². The van der Waals surface area contributed by atoms with Crippen molar-refractivity contribution in [2.24, 2.45) is 5.92 Å². The van der Waals surface area contributed by atoms with E-state index in [-0.39, 0.29) is 0 Å². The molecule has 0 radical (unpaired) electrons. The summed E-state index contributed by atoms with van der Waals surface area (Å²) in [6, 6.07) is 7.14. The van der Waals surface area contributed by atoms with E-state index in [2.05, 4.69) is 35.3 Å². The number of fused-ring (bicyclic) bond motifs is 1. The highest BCUT2D eigenvalue weighted by atomic mass is 15.1. The Balaban J connectivity index is 1.71. The van der Waals surface area contributed by atoms with Crippen molar-refractivity contribution in [3.63, 3.8) is 0 Å². The Labute approximate surface area is 104 Å². The van der Waals surface area contributed by atoms with Crippen LogP contribution in [0.4, 0.5) is 0 Å². The van der Waals surface area contributed by atoms with Crippen molar-refractivity contribution < 1.29 is 0 Å². The normalized spacial score (nSPS) is 24.2. The maximum Gasteiger partial charge on any atom is 0.0240 e. The second kappa shape index (κ2) is 4.79. The first-order valence-corrected chi connectivity index (χ1v) is 6.89. The molecule has 0 bridgehead atoms. The van der Waals surface area contributed by atoms with Crippen molar-refractivity contribution in [3.8, 4) is 0 Å². The van der Waals surface area contributed by atoms with Crippen LogP contribution in [-0.4, -0.2) is 24.5 Å². The molecule has 2 heteroatoms. The molecule has 1 saturated heterocycles. The minimum Gasteiger partial charge on any atom is -0.316 e. The van der Waals surface area contributed by atoms with Crippen molar-refractivity contribution in [1.29, 1.82) is 0 Å². The zero-order chi connectivity index (χ0) is 11.7. The Bertz CT molecular complexity index is 394. The zero-order valence-electron chi connectivity index (χ0n) is 10.7. The van der Waals surface area contributed by atoms with Gasteiger partial charge in [0.05, 0.1) is 0 Å². The summed E-state index contributed by atoms with van der Waals surface area (Å²) < 4.78 is 0. The number of benzene rings is 1. The van der Waals surface area contributed by atoms with Gasteiger partial charge in [-0.2, -0.15) is 0 Å². The predicted molar refractivity (Wildman–Crippen MR) is 70.9 cm³/mol. The molecule has 92 valence electrons. The lowest BCUT2D eigenvalue weighted by atomic mass is 9.96. The van der Waals surface area contributed by atoms with Crippen molar-refractivity contribution in [2.75, 3.05) is 19.6 Å². The van der Waals surface area contributed by atoms with E-state index in [0.29, 0.717) is 0 Å². The molecule has 2 aliphatic rings. The summed E-state index contributed by atoms with van der Waals surface area (Å²) in [6.45, 7) is 8.13.